The number of aryl methyl sites for hydroxylation is 2. The van der Waals surface area contributed by atoms with E-state index in [0.29, 0.717) is 42.9 Å². The van der Waals surface area contributed by atoms with Crippen LogP contribution in [0.4, 0.5) is 11.4 Å². The number of ether oxygens (including phenoxy) is 3. The molecule has 1 aliphatic rings. The number of anilines is 2. The molecule has 1 fully saturated rings. The molecule has 9 heteroatoms. The standard InChI is InChI=1S/C27H34N4O5/c1-18(17-34-2)29-20-15-21-23(30-26(32)22-12-8-14-36-22)24(27(33)35-3)31(25(21)28-16-20)13-7-11-19-9-5-4-6-10-19/h4-6,9-10,15-16,18,22,29H,7-8,11-14,17H2,1-3H3,(H,30,32)/t18-,22+/m1/s1. The van der Waals surface area contributed by atoms with E-state index in [2.05, 4.69) is 22.8 Å². The largest absolute Gasteiger partial charge is 0.464 e. The van der Waals surface area contributed by atoms with Crippen molar-refractivity contribution in [1.82, 2.24) is 9.55 Å². The van der Waals surface area contributed by atoms with Crippen LogP contribution in [0, 0.1) is 0 Å². The minimum Gasteiger partial charge on any atom is -0.464 e. The van der Waals surface area contributed by atoms with Crippen molar-refractivity contribution in [3.8, 4) is 0 Å². The number of amides is 1. The first-order chi connectivity index (χ1) is 17.5. The van der Waals surface area contributed by atoms with Gasteiger partial charge in [-0.25, -0.2) is 9.78 Å². The molecule has 1 aliphatic heterocycles. The van der Waals surface area contributed by atoms with E-state index in [-0.39, 0.29) is 17.6 Å². The Labute approximate surface area is 211 Å². The van der Waals surface area contributed by atoms with E-state index in [1.54, 1.807) is 13.3 Å². The molecule has 1 saturated heterocycles. The summed E-state index contributed by atoms with van der Waals surface area (Å²) < 4.78 is 17.8. The third kappa shape index (κ3) is 5.85. The number of hydrogen-bond donors (Lipinski definition) is 2. The molecular formula is C27H34N4O5. The zero-order chi connectivity index (χ0) is 25.5. The lowest BCUT2D eigenvalue weighted by molar-refractivity contribution is -0.124. The molecule has 3 heterocycles. The van der Waals surface area contributed by atoms with Crippen LogP contribution in [-0.4, -0.2) is 61.0 Å². The van der Waals surface area contributed by atoms with E-state index in [1.165, 1.54) is 12.7 Å². The van der Waals surface area contributed by atoms with Gasteiger partial charge in [-0.05, 0) is 44.2 Å². The summed E-state index contributed by atoms with van der Waals surface area (Å²) in [4.78, 5) is 30.7. The van der Waals surface area contributed by atoms with Crippen LogP contribution in [0.1, 0.15) is 42.2 Å². The Morgan fingerprint density at radius 2 is 2.06 bits per heavy atom. The molecular weight excluding hydrogens is 460 g/mol. The van der Waals surface area contributed by atoms with Crippen molar-refractivity contribution < 1.29 is 23.8 Å². The molecule has 2 N–H and O–H groups in total. The maximum Gasteiger partial charge on any atom is 0.356 e. The fraction of sp³-hybridized carbons (Fsp3) is 0.444. The lowest BCUT2D eigenvalue weighted by Crippen LogP contribution is -2.28. The van der Waals surface area contributed by atoms with Crippen LogP contribution in [0.5, 0.6) is 0 Å². The van der Waals surface area contributed by atoms with E-state index >= 15 is 0 Å². The predicted molar refractivity (Wildman–Crippen MR) is 138 cm³/mol. The summed E-state index contributed by atoms with van der Waals surface area (Å²) in [7, 11) is 2.99. The highest BCUT2D eigenvalue weighted by Gasteiger charge is 2.30. The molecule has 1 aromatic carbocycles. The minimum atomic E-state index is -0.539. The van der Waals surface area contributed by atoms with Crippen LogP contribution in [-0.2, 0) is 32.0 Å². The van der Waals surface area contributed by atoms with E-state index in [0.717, 1.165) is 24.9 Å². The highest BCUT2D eigenvalue weighted by Crippen LogP contribution is 2.34. The molecule has 1 amide bonds. The van der Waals surface area contributed by atoms with Crippen LogP contribution in [0.2, 0.25) is 0 Å². The lowest BCUT2D eigenvalue weighted by atomic mass is 10.1. The van der Waals surface area contributed by atoms with Gasteiger partial charge in [0.15, 0.2) is 5.69 Å². The van der Waals surface area contributed by atoms with Crippen molar-refractivity contribution in [2.45, 2.75) is 51.3 Å². The van der Waals surface area contributed by atoms with Gasteiger partial charge < -0.3 is 29.4 Å². The number of carbonyl (C=O) groups is 2. The number of nitrogens with zero attached hydrogens (tertiary/aromatic N) is 2. The molecule has 36 heavy (non-hydrogen) atoms. The summed E-state index contributed by atoms with van der Waals surface area (Å²) >= 11 is 0. The maximum absolute atomic E-state index is 13.0. The minimum absolute atomic E-state index is 0.0483. The van der Waals surface area contributed by atoms with Crippen LogP contribution in [0.3, 0.4) is 0 Å². The van der Waals surface area contributed by atoms with Gasteiger partial charge in [-0.15, -0.1) is 0 Å². The Morgan fingerprint density at radius 1 is 1.25 bits per heavy atom. The molecule has 0 spiro atoms. The van der Waals surface area contributed by atoms with Crippen molar-refractivity contribution in [2.24, 2.45) is 0 Å². The van der Waals surface area contributed by atoms with Crippen molar-refractivity contribution in [3.63, 3.8) is 0 Å². The number of pyridine rings is 1. The number of aromatic nitrogens is 2. The molecule has 0 radical (unpaired) electrons. The Kier molecular flexibility index (Phi) is 8.56. The van der Waals surface area contributed by atoms with Gasteiger partial charge in [0.05, 0.1) is 31.3 Å². The van der Waals surface area contributed by atoms with Crippen molar-refractivity contribution in [1.29, 1.82) is 0 Å². The number of methoxy groups -OCH3 is 2. The molecule has 9 nitrogen and oxygen atoms in total. The summed E-state index contributed by atoms with van der Waals surface area (Å²) in [5.74, 6) is -0.801. The third-order valence-electron chi connectivity index (χ3n) is 6.27. The number of carbonyl (C=O) groups excluding carboxylic acids is 2. The molecule has 0 bridgehead atoms. The second kappa shape index (κ2) is 12.0. The number of benzene rings is 1. The lowest BCUT2D eigenvalue weighted by Gasteiger charge is -2.14. The summed E-state index contributed by atoms with van der Waals surface area (Å²) in [6.45, 7) is 3.61. The highest BCUT2D eigenvalue weighted by atomic mass is 16.5. The summed E-state index contributed by atoms with van der Waals surface area (Å²) in [6, 6.07) is 12.1. The molecule has 2 aromatic heterocycles. The summed E-state index contributed by atoms with van der Waals surface area (Å²) in [6.07, 6.45) is 4.29. The number of nitrogens with one attached hydrogen (secondary N) is 2. The molecule has 4 rings (SSSR count). The quantitative estimate of drug-likeness (QED) is 0.388. The zero-order valence-corrected chi connectivity index (χ0v) is 21.1. The topological polar surface area (TPSA) is 104 Å². The van der Waals surface area contributed by atoms with Gasteiger partial charge in [0.1, 0.15) is 11.8 Å². The van der Waals surface area contributed by atoms with Gasteiger partial charge in [-0.3, -0.25) is 4.79 Å². The number of hydrogen-bond acceptors (Lipinski definition) is 7. The van der Waals surface area contributed by atoms with Crippen molar-refractivity contribution >= 4 is 34.3 Å². The van der Waals surface area contributed by atoms with Gasteiger partial charge in [0.25, 0.3) is 5.91 Å². The zero-order valence-electron chi connectivity index (χ0n) is 21.1. The Hall–Kier alpha value is -3.43. The second-order valence-corrected chi connectivity index (χ2v) is 9.04. The molecule has 0 saturated carbocycles. The van der Waals surface area contributed by atoms with E-state index in [4.69, 9.17) is 19.2 Å². The van der Waals surface area contributed by atoms with Crippen molar-refractivity contribution in [3.05, 3.63) is 53.9 Å². The van der Waals surface area contributed by atoms with Gasteiger partial charge >= 0.3 is 5.97 Å². The van der Waals surface area contributed by atoms with E-state index in [9.17, 15) is 9.59 Å². The molecule has 3 aromatic rings. The second-order valence-electron chi connectivity index (χ2n) is 9.04. The number of fused-ring (bicyclic) bond motifs is 1. The van der Waals surface area contributed by atoms with Crippen LogP contribution < -0.4 is 10.6 Å². The SMILES string of the molecule is COC[C@@H](C)Nc1cnc2c(c1)c(NC(=O)[C@@H]1CCCO1)c(C(=O)OC)n2CCCc1ccccc1. The van der Waals surface area contributed by atoms with Crippen molar-refractivity contribution in [2.75, 3.05) is 38.1 Å². The number of esters is 1. The molecule has 192 valence electrons. The first kappa shape index (κ1) is 25.7. The van der Waals surface area contributed by atoms with Gasteiger partial charge in [0.2, 0.25) is 0 Å². The fourth-order valence-corrected chi connectivity index (χ4v) is 4.61. The fourth-order valence-electron chi connectivity index (χ4n) is 4.61. The smallest absolute Gasteiger partial charge is 0.356 e. The Balaban J connectivity index is 1.73. The average molecular weight is 495 g/mol. The summed E-state index contributed by atoms with van der Waals surface area (Å²) in [5.41, 5.74) is 3.26. The monoisotopic (exact) mass is 494 g/mol. The van der Waals surface area contributed by atoms with Crippen LogP contribution in [0.15, 0.2) is 42.6 Å². The highest BCUT2D eigenvalue weighted by molar-refractivity contribution is 6.12. The van der Waals surface area contributed by atoms with Crippen LogP contribution >= 0.6 is 0 Å². The predicted octanol–water partition coefficient (Wildman–Crippen LogP) is 4.02. The first-order valence-corrected chi connectivity index (χ1v) is 12.3. The Morgan fingerprint density at radius 3 is 2.75 bits per heavy atom. The number of rotatable bonds is 11. The van der Waals surface area contributed by atoms with Gasteiger partial charge in [-0.2, -0.15) is 0 Å². The Bertz CT molecular complexity index is 1190. The van der Waals surface area contributed by atoms with Crippen LogP contribution in [0.25, 0.3) is 11.0 Å². The van der Waals surface area contributed by atoms with E-state index < -0.39 is 12.1 Å². The molecule has 2 atom stereocenters. The molecule has 0 aliphatic carbocycles. The van der Waals surface area contributed by atoms with Gasteiger partial charge in [-0.1, -0.05) is 30.3 Å². The average Bonchev–Trinajstić information content (AvgIpc) is 3.52. The summed E-state index contributed by atoms with van der Waals surface area (Å²) in [5, 5.41) is 6.99. The first-order valence-electron chi connectivity index (χ1n) is 12.3. The third-order valence-corrected chi connectivity index (χ3v) is 6.27. The normalized spacial score (nSPS) is 16.1. The van der Waals surface area contributed by atoms with E-state index in [1.807, 2.05) is 35.8 Å². The van der Waals surface area contributed by atoms with Gasteiger partial charge in [0, 0.05) is 31.7 Å². The maximum atomic E-state index is 13.0. The molecule has 0 unspecified atom stereocenters.